The van der Waals surface area contributed by atoms with Crippen LogP contribution >= 0.6 is 11.3 Å². The fraction of sp³-hybridized carbons (Fsp3) is 0.316. The van der Waals surface area contributed by atoms with E-state index in [9.17, 15) is 4.79 Å². The molecular formula is C19H17N3O5S. The van der Waals surface area contributed by atoms with E-state index in [1.165, 1.54) is 11.3 Å². The summed E-state index contributed by atoms with van der Waals surface area (Å²) in [6.45, 7) is 0.398. The lowest BCUT2D eigenvalue weighted by Crippen LogP contribution is -2.49. The number of oxime groups is 1. The van der Waals surface area contributed by atoms with Gasteiger partial charge in [-0.05, 0) is 35.7 Å². The molecule has 0 aliphatic carbocycles. The third kappa shape index (κ3) is 2.88. The van der Waals surface area contributed by atoms with E-state index in [0.717, 1.165) is 17.0 Å². The monoisotopic (exact) mass is 399 g/mol. The number of nitrogens with one attached hydrogen (secondary N) is 1. The standard InChI is InChI=1S/C19H17N3O5S/c1-24-12-4-2-10(3-5-12)15-14-16(20-21-18(23)11-6-7-28-9-11)19-25-8-13(26-19)17(14)27-22-15/h2-7,9,13-14,17,19H,8H2,1H3,(H,21,23)/b20-16-/t13?,14?,17-,19-/m1/s1. The molecule has 5 rings (SSSR count). The van der Waals surface area contributed by atoms with Crippen LogP contribution in [0.5, 0.6) is 5.75 Å². The fourth-order valence-electron chi connectivity index (χ4n) is 3.57. The van der Waals surface area contributed by atoms with Gasteiger partial charge in [-0.25, -0.2) is 5.43 Å². The summed E-state index contributed by atoms with van der Waals surface area (Å²) in [6.07, 6.45) is -1.19. The van der Waals surface area contributed by atoms with Crippen LogP contribution in [0.2, 0.25) is 0 Å². The summed E-state index contributed by atoms with van der Waals surface area (Å²) in [5, 5.41) is 12.3. The lowest BCUT2D eigenvalue weighted by Gasteiger charge is -2.30. The summed E-state index contributed by atoms with van der Waals surface area (Å²) in [6, 6.07) is 9.31. The van der Waals surface area contributed by atoms with E-state index in [1.807, 2.05) is 29.6 Å². The maximum absolute atomic E-state index is 12.3. The van der Waals surface area contributed by atoms with Crippen LogP contribution in [0.15, 0.2) is 51.3 Å². The molecule has 2 unspecified atom stereocenters. The fourth-order valence-corrected chi connectivity index (χ4v) is 4.20. The second-order valence-corrected chi connectivity index (χ2v) is 7.36. The first-order chi connectivity index (χ1) is 13.7. The van der Waals surface area contributed by atoms with Crippen LogP contribution in [-0.2, 0) is 14.3 Å². The van der Waals surface area contributed by atoms with Gasteiger partial charge < -0.3 is 19.0 Å². The van der Waals surface area contributed by atoms with Crippen molar-refractivity contribution in [3.8, 4) is 5.75 Å². The molecule has 3 aliphatic heterocycles. The zero-order valence-corrected chi connectivity index (χ0v) is 15.7. The normalized spacial score (nSPS) is 29.2. The Morgan fingerprint density at radius 2 is 2.18 bits per heavy atom. The van der Waals surface area contributed by atoms with Crippen molar-refractivity contribution in [2.24, 2.45) is 16.2 Å². The maximum atomic E-state index is 12.3. The molecule has 2 fully saturated rings. The quantitative estimate of drug-likeness (QED) is 0.795. The smallest absolute Gasteiger partial charge is 0.272 e. The average Bonchev–Trinajstić information content (AvgIpc) is 3.48. The van der Waals surface area contributed by atoms with Crippen LogP contribution in [0.3, 0.4) is 0 Å². The van der Waals surface area contributed by atoms with Crippen LogP contribution in [0.4, 0.5) is 0 Å². The minimum atomic E-state index is -0.626. The number of thiophene rings is 1. The molecule has 1 N–H and O–H groups in total. The number of amides is 1. The largest absolute Gasteiger partial charge is 0.497 e. The van der Waals surface area contributed by atoms with Crippen LogP contribution < -0.4 is 10.2 Å². The molecule has 1 amide bonds. The van der Waals surface area contributed by atoms with Gasteiger partial charge in [-0.2, -0.15) is 16.4 Å². The van der Waals surface area contributed by atoms with Gasteiger partial charge in [0.2, 0.25) is 0 Å². The van der Waals surface area contributed by atoms with Gasteiger partial charge in [-0.1, -0.05) is 5.16 Å². The summed E-state index contributed by atoms with van der Waals surface area (Å²) in [5.41, 5.74) is 5.34. The molecular weight excluding hydrogens is 382 g/mol. The zero-order chi connectivity index (χ0) is 19.1. The Labute approximate surface area is 164 Å². The number of rotatable bonds is 4. The molecule has 2 aromatic rings. The number of ether oxygens (including phenoxy) is 3. The molecule has 0 spiro atoms. The zero-order valence-electron chi connectivity index (χ0n) is 14.9. The molecule has 1 aromatic heterocycles. The predicted octanol–water partition coefficient (Wildman–Crippen LogP) is 2.02. The van der Waals surface area contributed by atoms with Crippen LogP contribution in [-0.4, -0.2) is 49.5 Å². The molecule has 9 heteroatoms. The average molecular weight is 399 g/mol. The highest BCUT2D eigenvalue weighted by Crippen LogP contribution is 2.38. The summed E-state index contributed by atoms with van der Waals surface area (Å²) in [5.74, 6) is 0.210. The van der Waals surface area contributed by atoms with Crippen molar-refractivity contribution in [3.05, 3.63) is 52.2 Å². The topological polar surface area (TPSA) is 90.7 Å². The van der Waals surface area contributed by atoms with E-state index in [0.29, 0.717) is 17.9 Å². The van der Waals surface area contributed by atoms with E-state index < -0.39 is 6.29 Å². The predicted molar refractivity (Wildman–Crippen MR) is 102 cm³/mol. The third-order valence-corrected chi connectivity index (χ3v) is 5.67. The van der Waals surface area contributed by atoms with Crippen molar-refractivity contribution in [3.63, 3.8) is 0 Å². The summed E-state index contributed by atoms with van der Waals surface area (Å²) >= 11 is 1.45. The third-order valence-electron chi connectivity index (χ3n) is 4.99. The highest BCUT2D eigenvalue weighted by atomic mass is 32.1. The van der Waals surface area contributed by atoms with Crippen molar-refractivity contribution in [1.29, 1.82) is 0 Å². The van der Waals surface area contributed by atoms with Gasteiger partial charge in [0.25, 0.3) is 5.91 Å². The highest BCUT2D eigenvalue weighted by Gasteiger charge is 2.55. The van der Waals surface area contributed by atoms with Crippen molar-refractivity contribution >= 4 is 28.7 Å². The second-order valence-electron chi connectivity index (χ2n) is 6.58. The van der Waals surface area contributed by atoms with Gasteiger partial charge in [0.1, 0.15) is 17.6 Å². The van der Waals surface area contributed by atoms with Gasteiger partial charge >= 0.3 is 0 Å². The first-order valence-electron chi connectivity index (χ1n) is 8.80. The minimum Gasteiger partial charge on any atom is -0.497 e. The first-order valence-corrected chi connectivity index (χ1v) is 9.74. The number of nitrogens with zero attached hydrogens (tertiary/aromatic N) is 2. The Balaban J connectivity index is 1.45. The number of fused-ring (bicyclic) bond motifs is 4. The number of hydrazone groups is 1. The van der Waals surface area contributed by atoms with Crippen molar-refractivity contribution < 1.29 is 23.8 Å². The van der Waals surface area contributed by atoms with Crippen molar-refractivity contribution in [1.82, 2.24) is 5.43 Å². The number of benzene rings is 1. The number of methoxy groups -OCH3 is 1. The molecule has 28 heavy (non-hydrogen) atoms. The molecule has 2 bridgehead atoms. The summed E-state index contributed by atoms with van der Waals surface area (Å²) in [4.78, 5) is 18.0. The van der Waals surface area contributed by atoms with Gasteiger partial charge in [-0.15, -0.1) is 0 Å². The maximum Gasteiger partial charge on any atom is 0.272 e. The molecule has 0 radical (unpaired) electrons. The Hall–Kier alpha value is -2.75. The lowest BCUT2D eigenvalue weighted by atomic mass is 9.84. The van der Waals surface area contributed by atoms with E-state index in [2.05, 4.69) is 15.7 Å². The number of carbonyl (C=O) groups excluding carboxylic acids is 1. The molecule has 4 heterocycles. The molecule has 1 aromatic carbocycles. The number of hydrogen-bond donors (Lipinski definition) is 1. The van der Waals surface area contributed by atoms with E-state index in [4.69, 9.17) is 19.0 Å². The van der Waals surface area contributed by atoms with Crippen molar-refractivity contribution in [2.75, 3.05) is 13.7 Å². The highest BCUT2D eigenvalue weighted by molar-refractivity contribution is 7.08. The molecule has 8 nitrogen and oxygen atoms in total. The van der Waals surface area contributed by atoms with Crippen LogP contribution in [0.1, 0.15) is 15.9 Å². The second kappa shape index (κ2) is 7.01. The lowest BCUT2D eigenvalue weighted by molar-refractivity contribution is -0.0812. The van der Waals surface area contributed by atoms with Gasteiger partial charge in [0.05, 0.1) is 30.9 Å². The van der Waals surface area contributed by atoms with Gasteiger partial charge in [-0.3, -0.25) is 4.79 Å². The van der Waals surface area contributed by atoms with Crippen LogP contribution in [0, 0.1) is 5.92 Å². The number of carbonyl (C=O) groups is 1. The van der Waals surface area contributed by atoms with Gasteiger partial charge in [0, 0.05) is 10.9 Å². The molecule has 3 aliphatic rings. The molecule has 0 saturated carbocycles. The van der Waals surface area contributed by atoms with Gasteiger partial charge in [0.15, 0.2) is 12.4 Å². The van der Waals surface area contributed by atoms with Crippen molar-refractivity contribution in [2.45, 2.75) is 18.5 Å². The van der Waals surface area contributed by atoms with Crippen LogP contribution in [0.25, 0.3) is 0 Å². The summed E-state index contributed by atoms with van der Waals surface area (Å²) < 4.78 is 16.8. The van der Waals surface area contributed by atoms with E-state index in [1.54, 1.807) is 18.6 Å². The molecule has 4 atom stereocenters. The van der Waals surface area contributed by atoms with E-state index >= 15 is 0 Å². The number of hydrogen-bond acceptors (Lipinski definition) is 8. The Bertz CT molecular complexity index is 941. The van der Waals surface area contributed by atoms with E-state index in [-0.39, 0.29) is 24.0 Å². The Morgan fingerprint density at radius 3 is 2.93 bits per heavy atom. The molecule has 2 saturated heterocycles. The summed E-state index contributed by atoms with van der Waals surface area (Å²) in [7, 11) is 1.62. The minimum absolute atomic E-state index is 0.221. The Kier molecular flexibility index (Phi) is 4.34. The molecule has 144 valence electrons. The Morgan fingerprint density at radius 1 is 1.32 bits per heavy atom. The SMILES string of the molecule is COc1ccc(C2=NO[C@@H]3C4CO[C@H](O4)/C(=N\NC(=O)c4ccsc4)C23)cc1. The first kappa shape index (κ1) is 17.4.